The van der Waals surface area contributed by atoms with Crippen molar-refractivity contribution in [1.29, 1.82) is 0 Å². The van der Waals surface area contributed by atoms with E-state index in [1.165, 1.54) is 4.85 Å². The lowest BCUT2D eigenvalue weighted by molar-refractivity contribution is -0.123. The van der Waals surface area contributed by atoms with Crippen molar-refractivity contribution < 1.29 is 9.63 Å². The van der Waals surface area contributed by atoms with E-state index in [0.29, 0.717) is 22.6 Å². The fraction of sp³-hybridized carbons (Fsp3) is 0.235. The van der Waals surface area contributed by atoms with Crippen LogP contribution in [0.5, 0.6) is 0 Å². The Bertz CT molecular complexity index is 878. The summed E-state index contributed by atoms with van der Waals surface area (Å²) in [5.74, 6) is -0.155. The minimum absolute atomic E-state index is 0.146. The van der Waals surface area contributed by atoms with Gasteiger partial charge in [0.1, 0.15) is 11.0 Å². The second-order valence-corrected chi connectivity index (χ2v) is 5.73. The van der Waals surface area contributed by atoms with E-state index in [9.17, 15) is 4.79 Å². The Morgan fingerprint density at radius 2 is 2.08 bits per heavy atom. The van der Waals surface area contributed by atoms with Gasteiger partial charge < -0.3 is 9.74 Å². The molecule has 1 aromatic heterocycles. The number of aryl methyl sites for hydroxylation is 1. The zero-order chi connectivity index (χ0) is 17.1. The number of benzene rings is 2. The molecule has 0 spiro atoms. The number of anilines is 1. The average molecular weight is 345 g/mol. The molecule has 0 saturated heterocycles. The number of aromatic nitrogens is 3. The molecule has 0 saturated carbocycles. The molecular weight excluding hydrogens is 328 g/mol. The van der Waals surface area contributed by atoms with Crippen molar-refractivity contribution in [2.75, 3.05) is 18.1 Å². The maximum atomic E-state index is 12.5. The van der Waals surface area contributed by atoms with Crippen LogP contribution < -0.4 is 9.74 Å². The maximum Gasteiger partial charge on any atom is 0.267 e. The van der Waals surface area contributed by atoms with Gasteiger partial charge in [0.2, 0.25) is 0 Å². The van der Waals surface area contributed by atoms with Crippen molar-refractivity contribution in [2.45, 2.75) is 13.8 Å². The summed E-state index contributed by atoms with van der Waals surface area (Å²) < 4.78 is 0. The summed E-state index contributed by atoms with van der Waals surface area (Å²) in [7, 11) is 0. The van der Waals surface area contributed by atoms with Gasteiger partial charge in [-0.2, -0.15) is 0 Å². The number of rotatable bonds is 5. The standard InChI is InChI=1S/C17H17ClN4O2/c1-3-21(15-7-5-4-6-12(15)2)17(23)11-24-22-16-10-13(18)8-9-14(16)19-20-22/h4-10H,3,11H2,1-2H3. The van der Waals surface area contributed by atoms with Gasteiger partial charge in [0.25, 0.3) is 5.91 Å². The van der Waals surface area contributed by atoms with Gasteiger partial charge in [0.05, 0.1) is 0 Å². The first-order valence-corrected chi connectivity index (χ1v) is 7.98. The molecule has 0 atom stereocenters. The molecule has 24 heavy (non-hydrogen) atoms. The molecule has 0 aliphatic heterocycles. The van der Waals surface area contributed by atoms with Crippen LogP contribution in [0.1, 0.15) is 12.5 Å². The summed E-state index contributed by atoms with van der Waals surface area (Å²) in [5, 5.41) is 8.43. The number of hydrogen-bond acceptors (Lipinski definition) is 4. The third kappa shape index (κ3) is 3.19. The molecule has 6 nitrogen and oxygen atoms in total. The summed E-state index contributed by atoms with van der Waals surface area (Å²) in [6.45, 7) is 4.30. The Hall–Kier alpha value is -2.60. The van der Waals surface area contributed by atoms with Crippen LogP contribution in [0.15, 0.2) is 42.5 Å². The van der Waals surface area contributed by atoms with E-state index in [0.717, 1.165) is 11.3 Å². The molecule has 7 heteroatoms. The molecule has 3 aromatic rings. The molecule has 0 aliphatic rings. The number of likely N-dealkylation sites (N-methyl/N-ethyl adjacent to an activating group) is 1. The second-order valence-electron chi connectivity index (χ2n) is 5.29. The number of nitrogens with zero attached hydrogens (tertiary/aromatic N) is 4. The summed E-state index contributed by atoms with van der Waals surface area (Å²) in [6.07, 6.45) is 0. The Labute approximate surface area is 144 Å². The first-order chi connectivity index (χ1) is 11.6. The number of carbonyl (C=O) groups is 1. The molecular formula is C17H17ClN4O2. The van der Waals surface area contributed by atoms with Crippen LogP contribution in [0, 0.1) is 6.92 Å². The second kappa shape index (κ2) is 6.88. The maximum absolute atomic E-state index is 12.5. The van der Waals surface area contributed by atoms with Crippen LogP contribution in [0.25, 0.3) is 11.0 Å². The Balaban J connectivity index is 1.76. The van der Waals surface area contributed by atoms with Crippen LogP contribution >= 0.6 is 11.6 Å². The van der Waals surface area contributed by atoms with E-state index in [-0.39, 0.29) is 12.5 Å². The highest BCUT2D eigenvalue weighted by molar-refractivity contribution is 6.31. The largest absolute Gasteiger partial charge is 0.385 e. The summed E-state index contributed by atoms with van der Waals surface area (Å²) in [5.41, 5.74) is 3.18. The lowest BCUT2D eigenvalue weighted by Gasteiger charge is -2.22. The quantitative estimate of drug-likeness (QED) is 0.714. The van der Waals surface area contributed by atoms with Crippen molar-refractivity contribution in [2.24, 2.45) is 0 Å². The van der Waals surface area contributed by atoms with Gasteiger partial charge in [-0.15, -0.1) is 5.10 Å². The molecule has 0 radical (unpaired) electrons. The van der Waals surface area contributed by atoms with Gasteiger partial charge in [-0.1, -0.05) is 34.6 Å². The first-order valence-electron chi connectivity index (χ1n) is 7.60. The van der Waals surface area contributed by atoms with Gasteiger partial charge in [0.15, 0.2) is 6.61 Å². The van der Waals surface area contributed by atoms with Gasteiger partial charge in [-0.05, 0) is 48.9 Å². The average Bonchev–Trinajstić information content (AvgIpc) is 2.97. The SMILES string of the molecule is CCN(C(=O)COn1nnc2ccc(Cl)cc21)c1ccccc1C. The molecule has 0 unspecified atom stereocenters. The molecule has 0 N–H and O–H groups in total. The monoisotopic (exact) mass is 344 g/mol. The Kier molecular flexibility index (Phi) is 4.66. The highest BCUT2D eigenvalue weighted by atomic mass is 35.5. The number of para-hydroxylation sites is 1. The molecule has 0 fully saturated rings. The number of amides is 1. The fourth-order valence-electron chi connectivity index (χ4n) is 2.51. The summed E-state index contributed by atoms with van der Waals surface area (Å²) in [6, 6.07) is 12.9. The van der Waals surface area contributed by atoms with E-state index < -0.39 is 0 Å². The lowest BCUT2D eigenvalue weighted by atomic mass is 10.2. The lowest BCUT2D eigenvalue weighted by Crippen LogP contribution is -2.37. The van der Waals surface area contributed by atoms with Crippen LogP contribution in [0.3, 0.4) is 0 Å². The van der Waals surface area contributed by atoms with E-state index in [1.54, 1.807) is 23.1 Å². The Morgan fingerprint density at radius 1 is 1.29 bits per heavy atom. The normalized spacial score (nSPS) is 10.8. The molecule has 3 rings (SSSR count). The van der Waals surface area contributed by atoms with E-state index in [1.807, 2.05) is 38.1 Å². The minimum atomic E-state index is -0.155. The van der Waals surface area contributed by atoms with Crippen LogP contribution in [0.4, 0.5) is 5.69 Å². The number of fused-ring (bicyclic) bond motifs is 1. The zero-order valence-electron chi connectivity index (χ0n) is 13.4. The highest BCUT2D eigenvalue weighted by Crippen LogP contribution is 2.19. The number of halogens is 1. The molecule has 2 aromatic carbocycles. The first kappa shape index (κ1) is 16.3. The van der Waals surface area contributed by atoms with Crippen molar-refractivity contribution in [3.8, 4) is 0 Å². The third-order valence-corrected chi connectivity index (χ3v) is 3.95. The van der Waals surface area contributed by atoms with Crippen molar-refractivity contribution in [1.82, 2.24) is 15.2 Å². The van der Waals surface area contributed by atoms with E-state index in [4.69, 9.17) is 16.4 Å². The minimum Gasteiger partial charge on any atom is -0.385 e. The van der Waals surface area contributed by atoms with Gasteiger partial charge >= 0.3 is 0 Å². The predicted octanol–water partition coefficient (Wildman–Crippen LogP) is 2.87. The number of hydrogen-bond donors (Lipinski definition) is 0. The van der Waals surface area contributed by atoms with Crippen LogP contribution in [0.2, 0.25) is 5.02 Å². The van der Waals surface area contributed by atoms with Gasteiger partial charge in [-0.25, -0.2) is 0 Å². The summed E-state index contributed by atoms with van der Waals surface area (Å²) in [4.78, 5) is 21.0. The Morgan fingerprint density at radius 3 is 2.83 bits per heavy atom. The van der Waals surface area contributed by atoms with Crippen LogP contribution in [-0.4, -0.2) is 34.2 Å². The smallest absolute Gasteiger partial charge is 0.267 e. The van der Waals surface area contributed by atoms with Crippen LogP contribution in [-0.2, 0) is 4.79 Å². The molecule has 1 heterocycles. The number of carbonyl (C=O) groups excluding carboxylic acids is 1. The van der Waals surface area contributed by atoms with Gasteiger partial charge in [0, 0.05) is 17.3 Å². The molecule has 0 aliphatic carbocycles. The van der Waals surface area contributed by atoms with Crippen molar-refractivity contribution >= 4 is 34.2 Å². The van der Waals surface area contributed by atoms with Crippen molar-refractivity contribution in [3.05, 3.63) is 53.1 Å². The highest BCUT2D eigenvalue weighted by Gasteiger charge is 2.17. The summed E-state index contributed by atoms with van der Waals surface area (Å²) >= 11 is 5.98. The molecule has 124 valence electrons. The zero-order valence-corrected chi connectivity index (χ0v) is 14.2. The third-order valence-electron chi connectivity index (χ3n) is 3.71. The van der Waals surface area contributed by atoms with E-state index in [2.05, 4.69) is 10.3 Å². The molecule has 0 bridgehead atoms. The topological polar surface area (TPSA) is 60.2 Å². The van der Waals surface area contributed by atoms with Gasteiger partial charge in [-0.3, -0.25) is 4.79 Å². The van der Waals surface area contributed by atoms with E-state index >= 15 is 0 Å². The van der Waals surface area contributed by atoms with Crippen molar-refractivity contribution in [3.63, 3.8) is 0 Å². The molecule has 1 amide bonds. The fourth-order valence-corrected chi connectivity index (χ4v) is 2.67. The predicted molar refractivity (Wildman–Crippen MR) is 93.2 cm³/mol.